The van der Waals surface area contributed by atoms with Crippen LogP contribution in [0.3, 0.4) is 0 Å². The number of ether oxygens (including phenoxy) is 5. The first kappa shape index (κ1) is 38.9. The zero-order valence-corrected chi connectivity index (χ0v) is 29.0. The molecule has 0 spiro atoms. The number of methoxy groups -OCH3 is 1. The van der Waals surface area contributed by atoms with Gasteiger partial charge in [0, 0.05) is 4.90 Å². The van der Waals surface area contributed by atoms with Crippen LogP contribution in [0.1, 0.15) is 31.1 Å². The Morgan fingerprint density at radius 2 is 1.22 bits per heavy atom. The third-order valence-electron chi connectivity index (χ3n) is 8.26. The number of ketones is 1. The number of esters is 3. The van der Waals surface area contributed by atoms with E-state index in [2.05, 4.69) is 0 Å². The van der Waals surface area contributed by atoms with Crippen LogP contribution in [0.15, 0.2) is 125 Å². The van der Waals surface area contributed by atoms with Gasteiger partial charge in [0.2, 0.25) is 0 Å². The van der Waals surface area contributed by atoms with Gasteiger partial charge in [0.15, 0.2) is 18.4 Å². The number of allylic oxidation sites excluding steroid dienone is 2. The zero-order valence-electron chi connectivity index (χ0n) is 28.2. The predicted molar refractivity (Wildman–Crippen MR) is 182 cm³/mol. The van der Waals surface area contributed by atoms with Crippen molar-refractivity contribution in [2.75, 3.05) is 18.6 Å². The molecule has 17 heteroatoms. The Kier molecular flexibility index (Phi) is 11.2. The Labute approximate surface area is 312 Å². The van der Waals surface area contributed by atoms with Gasteiger partial charge in [-0.2, -0.15) is 26.3 Å². The first-order valence-corrected chi connectivity index (χ1v) is 17.0. The van der Waals surface area contributed by atoms with Crippen molar-refractivity contribution in [3.63, 3.8) is 0 Å². The van der Waals surface area contributed by atoms with Crippen LogP contribution in [0.4, 0.5) is 32.0 Å². The highest BCUT2D eigenvalue weighted by atomic mass is 32.2. The van der Waals surface area contributed by atoms with Gasteiger partial charge in [0.1, 0.15) is 24.2 Å². The summed E-state index contributed by atoms with van der Waals surface area (Å²) in [5, 5.41) is 0. The second kappa shape index (κ2) is 15.9. The highest BCUT2D eigenvalue weighted by Crippen LogP contribution is 2.53. The molecule has 55 heavy (non-hydrogen) atoms. The number of benzene rings is 4. The molecule has 4 aromatic rings. The van der Waals surface area contributed by atoms with E-state index in [1.54, 1.807) is 18.2 Å². The SMILES string of the molecule is COc1ccc2c(c1)SC(C(=O)C(F)(F)F)=C(C(F)(F)F)N2[C@@H]1O[C@H](COC(=O)c2ccccc2)[C@@H](OC(=O)c2ccccc2)[C@H]1OC(=O)c1ccccc1. The van der Waals surface area contributed by atoms with Crippen molar-refractivity contribution in [3.8, 4) is 5.75 Å². The van der Waals surface area contributed by atoms with Crippen molar-refractivity contribution in [1.29, 1.82) is 0 Å². The quantitative estimate of drug-likeness (QED) is 0.0902. The molecular weight excluding hydrogens is 760 g/mol. The van der Waals surface area contributed by atoms with E-state index in [-0.39, 0.29) is 44.0 Å². The Morgan fingerprint density at radius 3 is 1.71 bits per heavy atom. The molecule has 0 aliphatic carbocycles. The molecule has 10 nitrogen and oxygen atoms in total. The van der Waals surface area contributed by atoms with Crippen LogP contribution in [0.25, 0.3) is 0 Å². The third-order valence-corrected chi connectivity index (χ3v) is 9.39. The number of carbonyl (C=O) groups is 4. The largest absolute Gasteiger partial charge is 0.497 e. The summed E-state index contributed by atoms with van der Waals surface area (Å²) in [6, 6.07) is 25.3. The molecule has 286 valence electrons. The second-order valence-corrected chi connectivity index (χ2v) is 12.9. The first-order chi connectivity index (χ1) is 26.2. The van der Waals surface area contributed by atoms with Crippen LogP contribution in [0, 0.1) is 0 Å². The smallest absolute Gasteiger partial charge is 0.455 e. The molecule has 1 fully saturated rings. The van der Waals surface area contributed by atoms with Crippen molar-refractivity contribution >= 4 is 41.1 Å². The van der Waals surface area contributed by atoms with E-state index in [4.69, 9.17) is 23.7 Å². The summed E-state index contributed by atoms with van der Waals surface area (Å²) in [6.45, 7) is -0.812. The molecule has 0 amide bonds. The lowest BCUT2D eigenvalue weighted by Gasteiger charge is -2.40. The van der Waals surface area contributed by atoms with E-state index in [0.29, 0.717) is 0 Å². The normalized spacial score (nSPS) is 19.7. The Hall–Kier alpha value is -5.81. The average Bonchev–Trinajstić information content (AvgIpc) is 3.50. The van der Waals surface area contributed by atoms with E-state index in [1.165, 1.54) is 86.0 Å². The summed E-state index contributed by atoms with van der Waals surface area (Å²) in [4.78, 5) is 51.1. The zero-order chi connectivity index (χ0) is 39.5. The number of hydrogen-bond acceptors (Lipinski definition) is 11. The maximum Gasteiger partial charge on any atom is 0.455 e. The van der Waals surface area contributed by atoms with Gasteiger partial charge in [-0.15, -0.1) is 0 Å². The predicted octanol–water partition coefficient (Wildman–Crippen LogP) is 7.55. The van der Waals surface area contributed by atoms with Gasteiger partial charge in [-0.05, 0) is 54.6 Å². The fourth-order valence-corrected chi connectivity index (χ4v) is 6.95. The van der Waals surface area contributed by atoms with Crippen LogP contribution in [-0.4, -0.2) is 74.3 Å². The van der Waals surface area contributed by atoms with E-state index in [1.807, 2.05) is 0 Å². The molecule has 4 atom stereocenters. The third kappa shape index (κ3) is 8.47. The minimum absolute atomic E-state index is 0.0141. The molecule has 1 saturated heterocycles. The van der Waals surface area contributed by atoms with E-state index < -0.39 is 83.5 Å². The number of anilines is 1. The minimum Gasteiger partial charge on any atom is -0.497 e. The lowest BCUT2D eigenvalue weighted by molar-refractivity contribution is -0.166. The number of hydrogen-bond donors (Lipinski definition) is 0. The lowest BCUT2D eigenvalue weighted by Crippen LogP contribution is -2.51. The summed E-state index contributed by atoms with van der Waals surface area (Å²) < 4.78 is 116. The number of halogens is 6. The van der Waals surface area contributed by atoms with E-state index in [0.717, 1.165) is 12.1 Å². The topological polar surface area (TPSA) is 118 Å². The van der Waals surface area contributed by atoms with Crippen LogP contribution >= 0.6 is 11.8 Å². The Balaban J connectivity index is 1.53. The second-order valence-electron chi connectivity index (χ2n) is 11.8. The molecule has 0 saturated carbocycles. The molecule has 0 radical (unpaired) electrons. The molecule has 2 aliphatic rings. The maximum atomic E-state index is 15.2. The monoisotopic (exact) mass is 787 g/mol. The van der Waals surface area contributed by atoms with Gasteiger partial charge in [0.25, 0.3) is 5.78 Å². The summed E-state index contributed by atoms with van der Waals surface area (Å²) >= 11 is -0.0973. The number of fused-ring (bicyclic) bond motifs is 1. The van der Waals surface area contributed by atoms with Crippen LogP contribution in [-0.2, 0) is 23.7 Å². The van der Waals surface area contributed by atoms with E-state index in [9.17, 15) is 32.3 Å². The highest BCUT2D eigenvalue weighted by Gasteiger charge is 2.59. The summed E-state index contributed by atoms with van der Waals surface area (Å²) in [5.41, 5.74) is -2.61. The molecule has 0 aromatic heterocycles. The average molecular weight is 788 g/mol. The maximum absolute atomic E-state index is 15.2. The van der Waals surface area contributed by atoms with Crippen molar-refractivity contribution in [1.82, 2.24) is 0 Å². The summed E-state index contributed by atoms with van der Waals surface area (Å²) in [7, 11) is 1.21. The van der Waals surface area contributed by atoms with Crippen molar-refractivity contribution < 1.29 is 69.2 Å². The van der Waals surface area contributed by atoms with Crippen LogP contribution < -0.4 is 9.64 Å². The molecule has 0 unspecified atom stereocenters. The number of Topliss-reactive ketones (excluding diaryl/α,β-unsaturated/α-hetero) is 1. The molecular formula is C38H27F6NO9S. The van der Waals surface area contributed by atoms with Gasteiger partial charge < -0.3 is 28.6 Å². The van der Waals surface area contributed by atoms with E-state index >= 15 is 13.2 Å². The summed E-state index contributed by atoms with van der Waals surface area (Å²) in [5.74, 6) is -5.93. The van der Waals surface area contributed by atoms with Crippen molar-refractivity contribution in [2.45, 2.75) is 41.8 Å². The molecule has 2 aliphatic heterocycles. The van der Waals surface area contributed by atoms with Gasteiger partial charge in [-0.25, -0.2) is 14.4 Å². The lowest BCUT2D eigenvalue weighted by atomic mass is 10.1. The fourth-order valence-electron chi connectivity index (χ4n) is 5.77. The van der Waals surface area contributed by atoms with Crippen molar-refractivity contribution in [3.05, 3.63) is 136 Å². The van der Waals surface area contributed by atoms with Gasteiger partial charge in [-0.1, -0.05) is 66.4 Å². The molecule has 2 heterocycles. The first-order valence-electron chi connectivity index (χ1n) is 16.1. The number of carbonyl (C=O) groups excluding carboxylic acids is 4. The fraction of sp³-hybridized carbons (Fsp3) is 0.211. The van der Waals surface area contributed by atoms with Crippen LogP contribution in [0.5, 0.6) is 5.75 Å². The highest BCUT2D eigenvalue weighted by molar-refractivity contribution is 8.04. The van der Waals surface area contributed by atoms with Gasteiger partial charge >= 0.3 is 30.3 Å². The van der Waals surface area contributed by atoms with Gasteiger partial charge in [0.05, 0.1) is 34.4 Å². The summed E-state index contributed by atoms with van der Waals surface area (Å²) in [6.07, 6.45) is -19.3. The number of nitrogens with zero attached hydrogens (tertiary/aromatic N) is 1. The Bertz CT molecular complexity index is 2100. The minimum atomic E-state index is -5.77. The standard InChI is InChI=1S/C38H27F6NO9S/c1-50-24-17-18-25-27(19-24)55-30(32(46)38(42,43)44)31(37(39,40)41)45(25)33-29(54-36(49)23-15-9-4-10-16-23)28(53-35(48)22-13-7-3-8-14-22)26(52-33)20-51-34(47)21-11-5-2-6-12-21/h2-19,26,28-29,33H,20H2,1H3/t26-,28-,29-,33-/m1/s1. The van der Waals surface area contributed by atoms with Crippen molar-refractivity contribution in [2.24, 2.45) is 0 Å². The van der Waals surface area contributed by atoms with Gasteiger partial charge in [-0.3, -0.25) is 4.79 Å². The molecule has 0 N–H and O–H groups in total. The number of rotatable bonds is 10. The molecule has 0 bridgehead atoms. The molecule has 6 rings (SSSR count). The number of thioether (sulfide) groups is 1. The Morgan fingerprint density at radius 1 is 0.709 bits per heavy atom. The number of alkyl halides is 6. The molecule has 4 aromatic carbocycles. The van der Waals surface area contributed by atoms with Crippen LogP contribution in [0.2, 0.25) is 0 Å².